The highest BCUT2D eigenvalue weighted by Gasteiger charge is 2.29. The van der Waals surface area contributed by atoms with E-state index in [4.69, 9.17) is 5.84 Å². The lowest BCUT2D eigenvalue weighted by Crippen LogP contribution is -2.13. The first-order chi connectivity index (χ1) is 9.90. The van der Waals surface area contributed by atoms with E-state index in [-0.39, 0.29) is 18.3 Å². The van der Waals surface area contributed by atoms with E-state index in [0.717, 1.165) is 18.3 Å². The molecule has 0 bridgehead atoms. The standard InChI is InChI=1S/C12H11F4N5/c13-9-6-19-11(21-17)20-10(9)18-5-7-1-3-8(4-2-7)12(14,15)16/h1-4,6H,5,17H2,(H2,18,19,20,21). The predicted molar refractivity (Wildman–Crippen MR) is 68.6 cm³/mol. The summed E-state index contributed by atoms with van der Waals surface area (Å²) in [7, 11) is 0. The van der Waals surface area contributed by atoms with Crippen LogP contribution in [0.1, 0.15) is 11.1 Å². The summed E-state index contributed by atoms with van der Waals surface area (Å²) in [5.41, 5.74) is 1.97. The maximum atomic E-state index is 13.4. The Hall–Kier alpha value is -2.42. The lowest BCUT2D eigenvalue weighted by atomic mass is 10.1. The number of anilines is 2. The molecule has 9 heteroatoms. The van der Waals surface area contributed by atoms with E-state index in [1.165, 1.54) is 12.1 Å². The van der Waals surface area contributed by atoms with Crippen LogP contribution in [0.15, 0.2) is 30.5 Å². The molecule has 0 aliphatic rings. The number of nitrogen functional groups attached to an aromatic ring is 1. The number of nitrogens with two attached hydrogens (primary N) is 1. The van der Waals surface area contributed by atoms with Gasteiger partial charge in [0.1, 0.15) is 0 Å². The fourth-order valence-electron chi connectivity index (χ4n) is 1.56. The van der Waals surface area contributed by atoms with Crippen LogP contribution in [0.4, 0.5) is 29.3 Å². The highest BCUT2D eigenvalue weighted by molar-refractivity contribution is 5.41. The largest absolute Gasteiger partial charge is 0.416 e. The second-order valence-corrected chi connectivity index (χ2v) is 4.08. The normalized spacial score (nSPS) is 11.3. The van der Waals surface area contributed by atoms with Gasteiger partial charge in [0.05, 0.1) is 11.8 Å². The Labute approximate surface area is 117 Å². The molecule has 2 aromatic rings. The highest BCUT2D eigenvalue weighted by atomic mass is 19.4. The number of hydrogen-bond acceptors (Lipinski definition) is 5. The topological polar surface area (TPSA) is 75.9 Å². The van der Waals surface area contributed by atoms with Crippen LogP contribution in [-0.2, 0) is 12.7 Å². The van der Waals surface area contributed by atoms with Gasteiger partial charge in [-0.2, -0.15) is 18.2 Å². The van der Waals surface area contributed by atoms with Crippen LogP contribution >= 0.6 is 0 Å². The number of hydrazine groups is 1. The van der Waals surface area contributed by atoms with E-state index >= 15 is 0 Å². The zero-order chi connectivity index (χ0) is 15.5. The van der Waals surface area contributed by atoms with Crippen molar-refractivity contribution >= 4 is 11.8 Å². The number of halogens is 4. The second-order valence-electron chi connectivity index (χ2n) is 4.08. The summed E-state index contributed by atoms with van der Waals surface area (Å²) in [6, 6.07) is 4.52. The monoisotopic (exact) mass is 301 g/mol. The van der Waals surface area contributed by atoms with Crippen molar-refractivity contribution in [2.75, 3.05) is 10.7 Å². The molecule has 0 unspecified atom stereocenters. The minimum absolute atomic E-state index is 0.0197. The summed E-state index contributed by atoms with van der Waals surface area (Å²) in [6.45, 7) is 0.107. The van der Waals surface area contributed by atoms with Gasteiger partial charge in [-0.3, -0.25) is 5.43 Å². The van der Waals surface area contributed by atoms with Crippen LogP contribution < -0.4 is 16.6 Å². The molecule has 5 nitrogen and oxygen atoms in total. The third-order valence-corrected chi connectivity index (χ3v) is 2.61. The molecule has 0 saturated heterocycles. The van der Waals surface area contributed by atoms with E-state index in [1.54, 1.807) is 0 Å². The molecule has 2 rings (SSSR count). The van der Waals surface area contributed by atoms with Gasteiger partial charge >= 0.3 is 6.18 Å². The van der Waals surface area contributed by atoms with Crippen LogP contribution in [0.5, 0.6) is 0 Å². The molecular formula is C12H11F4N5. The van der Waals surface area contributed by atoms with Crippen LogP contribution in [0.25, 0.3) is 0 Å². The highest BCUT2D eigenvalue weighted by Crippen LogP contribution is 2.29. The number of nitrogens with one attached hydrogen (secondary N) is 2. The van der Waals surface area contributed by atoms with Crippen molar-refractivity contribution in [1.29, 1.82) is 0 Å². The van der Waals surface area contributed by atoms with Crippen molar-refractivity contribution in [1.82, 2.24) is 9.97 Å². The molecule has 0 spiro atoms. The summed E-state index contributed by atoms with van der Waals surface area (Å²) in [4.78, 5) is 7.31. The molecule has 1 aromatic carbocycles. The summed E-state index contributed by atoms with van der Waals surface area (Å²) < 4.78 is 50.6. The number of rotatable bonds is 4. The van der Waals surface area contributed by atoms with Gasteiger partial charge in [-0.1, -0.05) is 12.1 Å². The third-order valence-electron chi connectivity index (χ3n) is 2.61. The number of nitrogens with zero attached hydrogens (tertiary/aromatic N) is 2. The quantitative estimate of drug-likeness (QED) is 0.459. The smallest absolute Gasteiger partial charge is 0.363 e. The molecule has 0 fully saturated rings. The molecule has 1 heterocycles. The number of benzene rings is 1. The number of aromatic nitrogens is 2. The zero-order valence-corrected chi connectivity index (χ0v) is 10.6. The maximum Gasteiger partial charge on any atom is 0.416 e. The van der Waals surface area contributed by atoms with Gasteiger partial charge < -0.3 is 5.32 Å². The molecule has 112 valence electrons. The van der Waals surface area contributed by atoms with Crippen LogP contribution in [0, 0.1) is 5.82 Å². The Balaban J connectivity index is 2.06. The lowest BCUT2D eigenvalue weighted by molar-refractivity contribution is -0.137. The van der Waals surface area contributed by atoms with E-state index in [2.05, 4.69) is 20.7 Å². The fraction of sp³-hybridized carbons (Fsp3) is 0.167. The molecule has 0 aliphatic carbocycles. The Bertz CT molecular complexity index is 612. The molecule has 0 atom stereocenters. The average molecular weight is 301 g/mol. The zero-order valence-electron chi connectivity index (χ0n) is 10.6. The van der Waals surface area contributed by atoms with Crippen molar-refractivity contribution in [2.24, 2.45) is 5.84 Å². The SMILES string of the molecule is NNc1ncc(F)c(NCc2ccc(C(F)(F)F)cc2)n1. The minimum Gasteiger partial charge on any atom is -0.363 e. The lowest BCUT2D eigenvalue weighted by Gasteiger charge is -2.10. The van der Waals surface area contributed by atoms with Crippen LogP contribution in [0.3, 0.4) is 0 Å². The Morgan fingerprint density at radius 3 is 2.38 bits per heavy atom. The summed E-state index contributed by atoms with van der Waals surface area (Å²) >= 11 is 0. The van der Waals surface area contributed by atoms with Gasteiger partial charge in [-0.15, -0.1) is 0 Å². The predicted octanol–water partition coefficient (Wildman–Crippen LogP) is 2.53. The van der Waals surface area contributed by atoms with Crippen molar-refractivity contribution < 1.29 is 17.6 Å². The first-order valence-corrected chi connectivity index (χ1v) is 5.79. The minimum atomic E-state index is -4.38. The molecule has 4 N–H and O–H groups in total. The van der Waals surface area contributed by atoms with Crippen molar-refractivity contribution in [3.8, 4) is 0 Å². The first-order valence-electron chi connectivity index (χ1n) is 5.79. The Morgan fingerprint density at radius 1 is 1.14 bits per heavy atom. The van der Waals surface area contributed by atoms with Gasteiger partial charge in [-0.25, -0.2) is 15.2 Å². The van der Waals surface area contributed by atoms with E-state index < -0.39 is 17.6 Å². The van der Waals surface area contributed by atoms with Gasteiger partial charge in [0.25, 0.3) is 0 Å². The molecular weight excluding hydrogens is 290 g/mol. The Morgan fingerprint density at radius 2 is 1.81 bits per heavy atom. The van der Waals surface area contributed by atoms with Gasteiger partial charge in [-0.05, 0) is 17.7 Å². The van der Waals surface area contributed by atoms with Crippen molar-refractivity contribution in [3.05, 3.63) is 47.4 Å². The summed E-state index contributed by atoms with van der Waals surface area (Å²) in [5.74, 6) is 4.33. The maximum absolute atomic E-state index is 13.4. The van der Waals surface area contributed by atoms with Gasteiger partial charge in [0.2, 0.25) is 5.95 Å². The first kappa shape index (κ1) is 15.0. The molecule has 21 heavy (non-hydrogen) atoms. The van der Waals surface area contributed by atoms with Gasteiger partial charge in [0.15, 0.2) is 11.6 Å². The summed E-state index contributed by atoms with van der Waals surface area (Å²) in [5, 5.41) is 2.66. The van der Waals surface area contributed by atoms with E-state index in [9.17, 15) is 17.6 Å². The summed E-state index contributed by atoms with van der Waals surface area (Å²) in [6.07, 6.45) is -3.45. The molecule has 0 radical (unpaired) electrons. The van der Waals surface area contributed by atoms with Crippen LogP contribution in [-0.4, -0.2) is 9.97 Å². The third kappa shape index (κ3) is 3.78. The van der Waals surface area contributed by atoms with E-state index in [0.29, 0.717) is 5.56 Å². The van der Waals surface area contributed by atoms with Crippen LogP contribution in [0.2, 0.25) is 0 Å². The second kappa shape index (κ2) is 5.92. The van der Waals surface area contributed by atoms with Crippen molar-refractivity contribution in [2.45, 2.75) is 12.7 Å². The molecule has 0 saturated carbocycles. The Kier molecular flexibility index (Phi) is 4.22. The van der Waals surface area contributed by atoms with Gasteiger partial charge in [0, 0.05) is 6.54 Å². The molecule has 0 aliphatic heterocycles. The number of hydrogen-bond donors (Lipinski definition) is 3. The number of alkyl halides is 3. The fourth-order valence-corrected chi connectivity index (χ4v) is 1.56. The molecule has 1 aromatic heterocycles. The van der Waals surface area contributed by atoms with Crippen molar-refractivity contribution in [3.63, 3.8) is 0 Å². The average Bonchev–Trinajstić information content (AvgIpc) is 2.46. The van der Waals surface area contributed by atoms with E-state index in [1.807, 2.05) is 0 Å². The molecule has 0 amide bonds.